The molecule has 5 rings (SSSR count). The minimum Gasteiger partial charge on any atom is -0.496 e. The number of rotatable bonds is 7. The summed E-state index contributed by atoms with van der Waals surface area (Å²) in [4.78, 5) is 8.80. The number of methoxy groups -OCH3 is 1. The van der Waals surface area contributed by atoms with Gasteiger partial charge >= 0.3 is 0 Å². The van der Waals surface area contributed by atoms with Crippen LogP contribution in [0.2, 0.25) is 0 Å². The van der Waals surface area contributed by atoms with Crippen LogP contribution >= 0.6 is 0 Å². The maximum Gasteiger partial charge on any atom is 0.222 e. The van der Waals surface area contributed by atoms with Gasteiger partial charge in [-0.15, -0.1) is 0 Å². The third-order valence-corrected chi connectivity index (χ3v) is 6.31. The minimum atomic E-state index is -0.0216. The highest BCUT2D eigenvalue weighted by Crippen LogP contribution is 2.63. The molecule has 2 aliphatic carbocycles. The zero-order valence-corrected chi connectivity index (χ0v) is 16.6. The molecule has 8 heteroatoms. The number of nitrogens with zero attached hydrogens (tertiary/aromatic N) is 4. The number of hydrogen-bond acceptors (Lipinski definition) is 7. The fourth-order valence-corrected chi connectivity index (χ4v) is 4.61. The van der Waals surface area contributed by atoms with Crippen molar-refractivity contribution >= 4 is 22.8 Å². The molecule has 2 heterocycles. The number of anilines is 2. The molecule has 0 saturated heterocycles. The summed E-state index contributed by atoms with van der Waals surface area (Å²) in [5.41, 5.74) is 9.91. The first-order valence-corrected chi connectivity index (χ1v) is 10.1. The second kappa shape index (κ2) is 6.88. The van der Waals surface area contributed by atoms with Crippen LogP contribution in [0.5, 0.6) is 5.75 Å². The first-order valence-electron chi connectivity index (χ1n) is 10.1. The summed E-state index contributed by atoms with van der Waals surface area (Å²) in [6, 6.07) is 5.65. The Labute approximate surface area is 169 Å². The molecule has 8 nitrogen and oxygen atoms in total. The predicted molar refractivity (Wildman–Crippen MR) is 111 cm³/mol. The third kappa shape index (κ3) is 3.37. The molecule has 3 aromatic rings. The summed E-state index contributed by atoms with van der Waals surface area (Å²) in [6.45, 7) is 1.35. The molecule has 2 fully saturated rings. The Bertz CT molecular complexity index is 1050. The molecule has 152 valence electrons. The monoisotopic (exact) mass is 394 g/mol. The molecule has 0 unspecified atom stereocenters. The first kappa shape index (κ1) is 18.2. The number of nitrogens with one attached hydrogen (secondary N) is 1. The number of ether oxygens (including phenoxy) is 1. The van der Waals surface area contributed by atoms with Crippen LogP contribution in [-0.2, 0) is 13.2 Å². The van der Waals surface area contributed by atoms with Crippen molar-refractivity contribution in [2.75, 3.05) is 24.7 Å². The van der Waals surface area contributed by atoms with Crippen molar-refractivity contribution in [2.45, 2.75) is 38.8 Å². The Balaban J connectivity index is 1.43. The SMILES string of the molecule is COc1ccc(CO)cc1Cn1ncc2nc(N)nc(NCC3CC4(CC4)C3)c21. The van der Waals surface area contributed by atoms with Crippen molar-refractivity contribution in [1.82, 2.24) is 19.7 Å². The Morgan fingerprint density at radius 3 is 2.86 bits per heavy atom. The molecular formula is C21H26N6O2. The van der Waals surface area contributed by atoms with Crippen LogP contribution in [0, 0.1) is 11.3 Å². The van der Waals surface area contributed by atoms with Crippen LogP contribution in [0.1, 0.15) is 36.8 Å². The third-order valence-electron chi connectivity index (χ3n) is 6.31. The van der Waals surface area contributed by atoms with E-state index in [4.69, 9.17) is 10.5 Å². The molecule has 0 aliphatic heterocycles. The molecule has 0 radical (unpaired) electrons. The number of fused-ring (bicyclic) bond motifs is 1. The summed E-state index contributed by atoms with van der Waals surface area (Å²) >= 11 is 0. The normalized spacial score (nSPS) is 17.4. The van der Waals surface area contributed by atoms with Crippen molar-refractivity contribution < 1.29 is 9.84 Å². The van der Waals surface area contributed by atoms with Gasteiger partial charge in [0.15, 0.2) is 5.82 Å². The first-order chi connectivity index (χ1) is 14.1. The lowest BCUT2D eigenvalue weighted by atomic mass is 9.72. The van der Waals surface area contributed by atoms with Crippen LogP contribution in [-0.4, -0.2) is 38.5 Å². The molecule has 4 N–H and O–H groups in total. The van der Waals surface area contributed by atoms with E-state index in [1.807, 2.05) is 22.9 Å². The highest BCUT2D eigenvalue weighted by molar-refractivity contribution is 5.86. The van der Waals surface area contributed by atoms with Gasteiger partial charge in [0, 0.05) is 12.1 Å². The average molecular weight is 394 g/mol. The van der Waals surface area contributed by atoms with E-state index >= 15 is 0 Å². The van der Waals surface area contributed by atoms with Gasteiger partial charge in [-0.25, -0.2) is 4.98 Å². The van der Waals surface area contributed by atoms with Crippen LogP contribution in [0.25, 0.3) is 11.0 Å². The summed E-state index contributed by atoms with van der Waals surface area (Å²) in [5.74, 6) is 2.41. The van der Waals surface area contributed by atoms with Crippen molar-refractivity contribution in [3.63, 3.8) is 0 Å². The van der Waals surface area contributed by atoms with Crippen LogP contribution in [0.4, 0.5) is 11.8 Å². The van der Waals surface area contributed by atoms with Gasteiger partial charge in [0.2, 0.25) is 5.95 Å². The molecule has 1 aromatic carbocycles. The van der Waals surface area contributed by atoms with Gasteiger partial charge in [-0.1, -0.05) is 6.07 Å². The van der Waals surface area contributed by atoms with Crippen molar-refractivity contribution in [3.8, 4) is 5.75 Å². The van der Waals surface area contributed by atoms with Gasteiger partial charge in [0.25, 0.3) is 0 Å². The molecule has 0 bridgehead atoms. The Morgan fingerprint density at radius 1 is 1.31 bits per heavy atom. The zero-order chi connectivity index (χ0) is 20.0. The van der Waals surface area contributed by atoms with E-state index in [0.29, 0.717) is 23.4 Å². The Kier molecular flexibility index (Phi) is 4.31. The van der Waals surface area contributed by atoms with Crippen molar-refractivity contribution in [2.24, 2.45) is 11.3 Å². The lowest BCUT2D eigenvalue weighted by Crippen LogP contribution is -2.31. The van der Waals surface area contributed by atoms with Crippen LogP contribution in [0.15, 0.2) is 24.4 Å². The molecule has 0 atom stereocenters. The van der Waals surface area contributed by atoms with Crippen LogP contribution < -0.4 is 15.8 Å². The molecule has 1 spiro atoms. The number of nitrogens with two attached hydrogens (primary N) is 1. The van der Waals surface area contributed by atoms with E-state index in [9.17, 15) is 5.11 Å². The number of benzene rings is 1. The van der Waals surface area contributed by atoms with E-state index in [0.717, 1.165) is 34.8 Å². The van der Waals surface area contributed by atoms with Gasteiger partial charge in [-0.2, -0.15) is 10.1 Å². The number of aromatic nitrogens is 4. The Morgan fingerprint density at radius 2 is 2.14 bits per heavy atom. The number of nitrogen functional groups attached to an aromatic ring is 1. The number of hydrogen-bond donors (Lipinski definition) is 3. The van der Waals surface area contributed by atoms with E-state index in [1.54, 1.807) is 13.3 Å². The second-order valence-electron chi connectivity index (χ2n) is 8.43. The Hall–Kier alpha value is -2.87. The molecule has 0 amide bonds. The fraction of sp³-hybridized carbons (Fsp3) is 0.476. The number of aliphatic hydroxyl groups excluding tert-OH is 1. The average Bonchev–Trinajstić information content (AvgIpc) is 3.40. The van der Waals surface area contributed by atoms with Crippen LogP contribution in [0.3, 0.4) is 0 Å². The van der Waals surface area contributed by atoms with Crippen molar-refractivity contribution in [3.05, 3.63) is 35.5 Å². The maximum absolute atomic E-state index is 9.48. The highest BCUT2D eigenvalue weighted by atomic mass is 16.5. The smallest absolute Gasteiger partial charge is 0.222 e. The lowest BCUT2D eigenvalue weighted by molar-refractivity contribution is 0.180. The van der Waals surface area contributed by atoms with Gasteiger partial charge in [0.1, 0.15) is 16.8 Å². The quantitative estimate of drug-likeness (QED) is 0.565. The molecule has 2 aromatic heterocycles. The standard InChI is InChI=1S/C21H26N6O2/c1-29-17-3-2-13(12-28)6-15(17)11-27-18-16(10-24-27)25-20(22)26-19(18)23-9-14-7-21(8-14)4-5-21/h2-3,6,10,14,28H,4-5,7-9,11-12H2,1H3,(H3,22,23,25,26). The summed E-state index contributed by atoms with van der Waals surface area (Å²) in [5, 5.41) is 17.5. The molecule has 2 aliphatic rings. The summed E-state index contributed by atoms with van der Waals surface area (Å²) in [7, 11) is 1.64. The van der Waals surface area contributed by atoms with Gasteiger partial charge < -0.3 is 20.9 Å². The summed E-state index contributed by atoms with van der Waals surface area (Å²) in [6.07, 6.45) is 7.14. The number of aliphatic hydroxyl groups is 1. The van der Waals surface area contributed by atoms with Crippen molar-refractivity contribution in [1.29, 1.82) is 0 Å². The van der Waals surface area contributed by atoms with E-state index in [-0.39, 0.29) is 12.6 Å². The molecule has 2 saturated carbocycles. The van der Waals surface area contributed by atoms with E-state index in [1.165, 1.54) is 25.7 Å². The van der Waals surface area contributed by atoms with Gasteiger partial charge in [-0.05, 0) is 54.7 Å². The van der Waals surface area contributed by atoms with E-state index < -0.39 is 0 Å². The molecular weight excluding hydrogens is 368 g/mol. The fourth-order valence-electron chi connectivity index (χ4n) is 4.61. The van der Waals surface area contributed by atoms with Gasteiger partial charge in [0.05, 0.1) is 26.5 Å². The highest BCUT2D eigenvalue weighted by Gasteiger charge is 2.52. The lowest BCUT2D eigenvalue weighted by Gasteiger charge is -2.36. The van der Waals surface area contributed by atoms with Gasteiger partial charge in [-0.3, -0.25) is 4.68 Å². The minimum absolute atomic E-state index is 0.0216. The second-order valence-corrected chi connectivity index (χ2v) is 8.43. The largest absolute Gasteiger partial charge is 0.496 e. The zero-order valence-electron chi connectivity index (χ0n) is 16.6. The topological polar surface area (TPSA) is 111 Å². The molecule has 29 heavy (non-hydrogen) atoms. The van der Waals surface area contributed by atoms with E-state index in [2.05, 4.69) is 20.4 Å². The predicted octanol–water partition coefficient (Wildman–Crippen LogP) is 2.56. The maximum atomic E-state index is 9.48. The summed E-state index contributed by atoms with van der Waals surface area (Å²) < 4.78 is 7.35.